The van der Waals surface area contributed by atoms with Crippen LogP contribution < -0.4 is 0 Å². The van der Waals surface area contributed by atoms with Gasteiger partial charge in [0.25, 0.3) is 0 Å². The highest BCUT2D eigenvalue weighted by molar-refractivity contribution is 5.68. The molecule has 0 atom stereocenters. The molecule has 0 aromatic heterocycles. The first-order chi connectivity index (χ1) is 16.2. The average molecular weight is 472 g/mol. The second-order valence-corrected chi connectivity index (χ2v) is 11.4. The number of hydrogen-bond acceptors (Lipinski definition) is 5. The van der Waals surface area contributed by atoms with Gasteiger partial charge in [0.1, 0.15) is 12.2 Å². The van der Waals surface area contributed by atoms with E-state index >= 15 is 0 Å². The van der Waals surface area contributed by atoms with Gasteiger partial charge in [0, 0.05) is 32.7 Å². The van der Waals surface area contributed by atoms with Crippen molar-refractivity contribution in [3.8, 4) is 0 Å². The fraction of sp³-hybridized carbons (Fsp3) is 0.704. The van der Waals surface area contributed by atoms with E-state index in [0.717, 1.165) is 83.5 Å². The van der Waals surface area contributed by atoms with E-state index in [1.165, 1.54) is 0 Å². The van der Waals surface area contributed by atoms with Crippen LogP contribution in [0, 0.1) is 11.3 Å². The van der Waals surface area contributed by atoms with Gasteiger partial charge in [0.05, 0.1) is 0 Å². The number of ether oxygens (including phenoxy) is 2. The maximum absolute atomic E-state index is 12.5. The standard InChI is InChI=1S/C27H41N3O4/c1-26(2,3)34-25(32)30-18-13-27(21-30)11-16-28(17-12-27)19-22-9-14-29(15-10-22)24(31)33-20-23-7-5-4-6-8-23/h4-8,22H,9-21H2,1-3H3. The fourth-order valence-electron chi connectivity index (χ4n) is 5.51. The van der Waals surface area contributed by atoms with Crippen molar-refractivity contribution in [1.82, 2.24) is 14.7 Å². The second-order valence-electron chi connectivity index (χ2n) is 11.4. The Morgan fingerprint density at radius 1 is 0.912 bits per heavy atom. The zero-order valence-corrected chi connectivity index (χ0v) is 21.1. The molecular weight excluding hydrogens is 430 g/mol. The molecule has 3 aliphatic rings. The number of hydrogen-bond donors (Lipinski definition) is 0. The lowest BCUT2D eigenvalue weighted by atomic mass is 9.77. The summed E-state index contributed by atoms with van der Waals surface area (Å²) in [7, 11) is 0. The van der Waals surface area contributed by atoms with E-state index in [1.807, 2.05) is 60.9 Å². The van der Waals surface area contributed by atoms with Gasteiger partial charge < -0.3 is 24.2 Å². The lowest BCUT2D eigenvalue weighted by molar-refractivity contribution is 0.0240. The Kier molecular flexibility index (Phi) is 7.70. The van der Waals surface area contributed by atoms with Crippen LogP contribution in [0.15, 0.2) is 30.3 Å². The van der Waals surface area contributed by atoms with Crippen molar-refractivity contribution in [2.24, 2.45) is 11.3 Å². The first-order valence-corrected chi connectivity index (χ1v) is 12.9. The quantitative estimate of drug-likeness (QED) is 0.634. The van der Waals surface area contributed by atoms with E-state index in [1.54, 1.807) is 0 Å². The van der Waals surface area contributed by atoms with Gasteiger partial charge in [0.15, 0.2) is 0 Å². The Bertz CT molecular complexity index is 822. The summed E-state index contributed by atoms with van der Waals surface area (Å²) in [6.07, 6.45) is 5.10. The second kappa shape index (κ2) is 10.5. The molecule has 188 valence electrons. The summed E-state index contributed by atoms with van der Waals surface area (Å²) in [6, 6.07) is 9.83. The number of nitrogens with zero attached hydrogens (tertiary/aromatic N) is 3. The number of carbonyl (C=O) groups excluding carboxylic acids is 2. The van der Waals surface area contributed by atoms with Crippen LogP contribution in [0.1, 0.15) is 58.4 Å². The summed E-state index contributed by atoms with van der Waals surface area (Å²) >= 11 is 0. The Hall–Kier alpha value is -2.28. The van der Waals surface area contributed by atoms with Crippen molar-refractivity contribution in [2.75, 3.05) is 45.8 Å². The lowest BCUT2D eigenvalue weighted by Crippen LogP contribution is -2.46. The van der Waals surface area contributed by atoms with E-state index in [0.29, 0.717) is 12.5 Å². The maximum atomic E-state index is 12.5. The number of likely N-dealkylation sites (tertiary alicyclic amines) is 3. The maximum Gasteiger partial charge on any atom is 0.410 e. The largest absolute Gasteiger partial charge is 0.445 e. The van der Waals surface area contributed by atoms with E-state index in [2.05, 4.69) is 4.90 Å². The third-order valence-corrected chi connectivity index (χ3v) is 7.60. The molecule has 1 aromatic carbocycles. The van der Waals surface area contributed by atoms with Gasteiger partial charge >= 0.3 is 12.2 Å². The highest BCUT2D eigenvalue weighted by Crippen LogP contribution is 2.41. The zero-order chi connectivity index (χ0) is 24.2. The molecule has 7 heteroatoms. The van der Waals surface area contributed by atoms with E-state index in [-0.39, 0.29) is 17.6 Å². The van der Waals surface area contributed by atoms with E-state index in [9.17, 15) is 9.59 Å². The first-order valence-electron chi connectivity index (χ1n) is 12.9. The molecule has 0 saturated carbocycles. The monoisotopic (exact) mass is 471 g/mol. The molecule has 4 rings (SSSR count). The molecule has 7 nitrogen and oxygen atoms in total. The minimum Gasteiger partial charge on any atom is -0.445 e. The van der Waals surface area contributed by atoms with Gasteiger partial charge in [0.2, 0.25) is 0 Å². The number of rotatable bonds is 4. The summed E-state index contributed by atoms with van der Waals surface area (Å²) in [6.45, 7) is 12.6. The minimum atomic E-state index is -0.440. The van der Waals surface area contributed by atoms with Gasteiger partial charge in [-0.1, -0.05) is 30.3 Å². The van der Waals surface area contributed by atoms with Crippen LogP contribution in [-0.4, -0.2) is 78.3 Å². The lowest BCUT2D eigenvalue weighted by Gasteiger charge is -2.41. The molecular formula is C27H41N3O4. The van der Waals surface area contributed by atoms with Gasteiger partial charge in [-0.25, -0.2) is 9.59 Å². The summed E-state index contributed by atoms with van der Waals surface area (Å²) in [4.78, 5) is 31.2. The molecule has 3 aliphatic heterocycles. The molecule has 0 radical (unpaired) electrons. The van der Waals surface area contributed by atoms with Crippen molar-refractivity contribution >= 4 is 12.2 Å². The molecule has 3 saturated heterocycles. The number of amides is 2. The highest BCUT2D eigenvalue weighted by atomic mass is 16.6. The van der Waals surface area contributed by atoms with Gasteiger partial charge in [-0.2, -0.15) is 0 Å². The summed E-state index contributed by atoms with van der Waals surface area (Å²) in [5.41, 5.74) is 0.842. The van der Waals surface area contributed by atoms with E-state index in [4.69, 9.17) is 9.47 Å². The van der Waals surface area contributed by atoms with Crippen LogP contribution in [0.3, 0.4) is 0 Å². The van der Waals surface area contributed by atoms with Gasteiger partial charge in [-0.15, -0.1) is 0 Å². The summed E-state index contributed by atoms with van der Waals surface area (Å²) in [5.74, 6) is 0.633. The Labute approximate surface area is 204 Å². The number of piperidine rings is 2. The van der Waals surface area contributed by atoms with Crippen molar-refractivity contribution < 1.29 is 19.1 Å². The SMILES string of the molecule is CC(C)(C)OC(=O)N1CCC2(CCN(CC3CCN(C(=O)OCc4ccccc4)CC3)CC2)C1. The number of carbonyl (C=O) groups is 2. The zero-order valence-electron chi connectivity index (χ0n) is 21.1. The molecule has 0 bridgehead atoms. The molecule has 1 spiro atoms. The van der Waals surface area contributed by atoms with Crippen molar-refractivity contribution in [3.63, 3.8) is 0 Å². The Morgan fingerprint density at radius 2 is 1.56 bits per heavy atom. The predicted octanol–water partition coefficient (Wildman–Crippen LogP) is 4.76. The van der Waals surface area contributed by atoms with Crippen LogP contribution in [0.4, 0.5) is 9.59 Å². The van der Waals surface area contributed by atoms with Crippen molar-refractivity contribution in [3.05, 3.63) is 35.9 Å². The Morgan fingerprint density at radius 3 is 2.21 bits per heavy atom. The molecule has 2 amide bonds. The first kappa shape index (κ1) is 24.8. The summed E-state index contributed by atoms with van der Waals surface area (Å²) in [5, 5.41) is 0. The van der Waals surface area contributed by atoms with E-state index < -0.39 is 5.60 Å². The molecule has 0 N–H and O–H groups in total. The highest BCUT2D eigenvalue weighted by Gasteiger charge is 2.43. The third kappa shape index (κ3) is 6.65. The normalized spacial score (nSPS) is 21.6. The molecule has 3 fully saturated rings. The number of benzene rings is 1. The molecule has 0 aliphatic carbocycles. The summed E-state index contributed by atoms with van der Waals surface area (Å²) < 4.78 is 11.1. The van der Waals surface area contributed by atoms with Gasteiger partial charge in [-0.05, 0) is 82.9 Å². The van der Waals surface area contributed by atoms with Crippen LogP contribution in [0.2, 0.25) is 0 Å². The molecule has 3 heterocycles. The smallest absolute Gasteiger partial charge is 0.410 e. The Balaban J connectivity index is 1.15. The average Bonchev–Trinajstić information content (AvgIpc) is 3.23. The third-order valence-electron chi connectivity index (χ3n) is 7.60. The molecule has 1 aromatic rings. The topological polar surface area (TPSA) is 62.3 Å². The molecule has 34 heavy (non-hydrogen) atoms. The van der Waals surface area contributed by atoms with Gasteiger partial charge in [-0.3, -0.25) is 0 Å². The van der Waals surface area contributed by atoms with Crippen molar-refractivity contribution in [1.29, 1.82) is 0 Å². The predicted molar refractivity (Wildman–Crippen MR) is 131 cm³/mol. The van der Waals surface area contributed by atoms with Crippen LogP contribution >= 0.6 is 0 Å². The fourth-order valence-corrected chi connectivity index (χ4v) is 5.51. The minimum absolute atomic E-state index is 0.166. The van der Waals surface area contributed by atoms with Crippen LogP contribution in [0.5, 0.6) is 0 Å². The van der Waals surface area contributed by atoms with Crippen LogP contribution in [0.25, 0.3) is 0 Å². The van der Waals surface area contributed by atoms with Crippen molar-refractivity contribution in [2.45, 2.75) is 65.1 Å². The molecule has 0 unspecified atom stereocenters. The van der Waals surface area contributed by atoms with Crippen LogP contribution in [-0.2, 0) is 16.1 Å².